The average Bonchev–Trinajstić information content (AvgIpc) is 2.62. The Morgan fingerprint density at radius 3 is 2.93 bits per heavy atom. The fourth-order valence-corrected chi connectivity index (χ4v) is 1.84. The van der Waals surface area contributed by atoms with Crippen LogP contribution in [-0.4, -0.2) is 14.8 Å². The van der Waals surface area contributed by atoms with Crippen molar-refractivity contribution in [2.24, 2.45) is 5.73 Å². The Kier molecular flexibility index (Phi) is 3.06. The molecule has 1 aromatic heterocycles. The molecular weight excluding hydrogens is 303 g/mol. The lowest BCUT2D eigenvalue weighted by Crippen LogP contribution is -2.28. The number of rotatable bonds is 3. The molecule has 0 saturated heterocycles. The Balaban J connectivity index is 2.32. The first-order valence-electron chi connectivity index (χ1n) is 4.68. The van der Waals surface area contributed by atoms with Gasteiger partial charge in [-0.2, -0.15) is 0 Å². The number of aromatic nitrogens is 1. The van der Waals surface area contributed by atoms with Crippen LogP contribution < -0.4 is 5.73 Å². The van der Waals surface area contributed by atoms with Gasteiger partial charge < -0.3 is 10.7 Å². The first kappa shape index (κ1) is 10.6. The molecule has 0 amide bonds. The zero-order chi connectivity index (χ0) is 10.8. The van der Waals surface area contributed by atoms with Crippen molar-refractivity contribution in [2.45, 2.75) is 12.5 Å². The van der Waals surface area contributed by atoms with Crippen molar-refractivity contribution >= 4 is 37.3 Å². The molecule has 0 spiro atoms. The van der Waals surface area contributed by atoms with Crippen molar-refractivity contribution in [1.82, 2.24) is 4.98 Å². The predicted molar refractivity (Wildman–Crippen MR) is 69.0 cm³/mol. The van der Waals surface area contributed by atoms with Gasteiger partial charge in [0, 0.05) is 39.7 Å². The van der Waals surface area contributed by atoms with Gasteiger partial charge in [0.1, 0.15) is 0 Å². The van der Waals surface area contributed by atoms with Gasteiger partial charge >= 0.3 is 0 Å². The molecule has 2 aromatic rings. The van der Waals surface area contributed by atoms with Crippen LogP contribution in [0.4, 0.5) is 0 Å². The third kappa shape index (κ3) is 2.21. The van der Waals surface area contributed by atoms with E-state index in [1.807, 2.05) is 30.5 Å². The van der Waals surface area contributed by atoms with Crippen LogP contribution in [0.15, 0.2) is 30.5 Å². The maximum atomic E-state index is 11.1. The Hall–Kier alpha value is -0.880. The number of carbonyl (C=O) groups is 1. The summed E-state index contributed by atoms with van der Waals surface area (Å²) in [5.41, 5.74) is 7.91. The van der Waals surface area contributed by atoms with Crippen molar-refractivity contribution < 1.29 is 4.79 Å². The van der Waals surface area contributed by atoms with Crippen LogP contribution in [0.2, 0.25) is 0 Å². The lowest BCUT2D eigenvalue weighted by molar-refractivity contribution is -0.110. The number of para-hydroxylation sites is 1. The summed E-state index contributed by atoms with van der Waals surface area (Å²) < 4.78 is -0.00196. The van der Waals surface area contributed by atoms with Crippen molar-refractivity contribution in [1.29, 1.82) is 0 Å². The summed E-state index contributed by atoms with van der Waals surface area (Å²) >= 11 is 1.74. The van der Waals surface area contributed by atoms with Gasteiger partial charge in [-0.3, -0.25) is 4.79 Å². The fraction of sp³-hybridized carbons (Fsp3) is 0.182. The van der Waals surface area contributed by atoms with E-state index in [0.29, 0.717) is 6.42 Å². The quantitative estimate of drug-likeness (QED) is 0.672. The van der Waals surface area contributed by atoms with E-state index in [2.05, 4.69) is 4.98 Å². The molecule has 2 rings (SSSR count). The molecule has 1 atom stereocenters. The number of nitrogens with two attached hydrogens (primary N) is 1. The van der Waals surface area contributed by atoms with Crippen LogP contribution in [0, 0.1) is 0 Å². The smallest absolute Gasteiger partial charge is 0.209 e. The Morgan fingerprint density at radius 1 is 1.47 bits per heavy atom. The number of fused-ring (bicyclic) bond motifs is 1. The second-order valence-corrected chi connectivity index (χ2v) is 4.54. The molecule has 0 aliphatic rings. The number of aromatic amines is 1. The van der Waals surface area contributed by atoms with E-state index >= 15 is 0 Å². The number of carbonyl (C=O) groups excluding carboxylic acids is 1. The normalized spacial score (nSPS) is 12.9. The molecule has 78 valence electrons. The van der Waals surface area contributed by atoms with Crippen molar-refractivity contribution in [3.05, 3.63) is 36.0 Å². The van der Waals surface area contributed by atoms with Gasteiger partial charge in [0.25, 0.3) is 0 Å². The molecule has 3 N–H and O–H groups in total. The second-order valence-electron chi connectivity index (χ2n) is 3.47. The highest BCUT2D eigenvalue weighted by atomic mass is 127. The van der Waals surface area contributed by atoms with Gasteiger partial charge in [0.2, 0.25) is 3.79 Å². The van der Waals surface area contributed by atoms with Crippen LogP contribution in [0.3, 0.4) is 0 Å². The lowest BCUT2D eigenvalue weighted by Gasteiger charge is -2.04. The van der Waals surface area contributed by atoms with E-state index in [9.17, 15) is 4.79 Å². The van der Waals surface area contributed by atoms with Gasteiger partial charge in [0.05, 0.1) is 6.04 Å². The molecule has 0 aliphatic heterocycles. The zero-order valence-corrected chi connectivity index (χ0v) is 10.2. The van der Waals surface area contributed by atoms with Crippen molar-refractivity contribution in [2.75, 3.05) is 0 Å². The fourth-order valence-electron chi connectivity index (χ4n) is 1.62. The molecule has 3 nitrogen and oxygen atoms in total. The van der Waals surface area contributed by atoms with Crippen molar-refractivity contribution in [3.8, 4) is 0 Å². The lowest BCUT2D eigenvalue weighted by atomic mass is 10.1. The minimum atomic E-state index is -0.412. The number of H-pyrrole nitrogens is 1. The number of hydrogen-bond donors (Lipinski definition) is 2. The van der Waals surface area contributed by atoms with E-state index in [1.165, 1.54) is 0 Å². The summed E-state index contributed by atoms with van der Waals surface area (Å²) in [5.74, 6) is 0. The summed E-state index contributed by atoms with van der Waals surface area (Å²) in [4.78, 5) is 14.2. The first-order chi connectivity index (χ1) is 7.18. The van der Waals surface area contributed by atoms with Crippen LogP contribution in [0.25, 0.3) is 10.9 Å². The maximum absolute atomic E-state index is 11.1. The summed E-state index contributed by atoms with van der Waals surface area (Å²) in [7, 11) is 0. The Morgan fingerprint density at radius 2 is 2.20 bits per heavy atom. The van der Waals surface area contributed by atoms with E-state index in [0.717, 1.165) is 16.5 Å². The highest BCUT2D eigenvalue weighted by molar-refractivity contribution is 14.1. The van der Waals surface area contributed by atoms with E-state index in [-0.39, 0.29) is 3.79 Å². The highest BCUT2D eigenvalue weighted by Crippen LogP contribution is 2.19. The van der Waals surface area contributed by atoms with Crippen LogP contribution in [0.5, 0.6) is 0 Å². The molecule has 1 heterocycles. The monoisotopic (exact) mass is 314 g/mol. The topological polar surface area (TPSA) is 58.9 Å². The van der Waals surface area contributed by atoms with Gasteiger partial charge in [-0.15, -0.1) is 0 Å². The third-order valence-corrected chi connectivity index (χ3v) is 3.21. The minimum absolute atomic E-state index is 0.00196. The van der Waals surface area contributed by atoms with Crippen LogP contribution in [-0.2, 0) is 11.2 Å². The van der Waals surface area contributed by atoms with Gasteiger partial charge in [-0.1, -0.05) is 18.2 Å². The predicted octanol–water partition coefficient (Wildman–Crippen LogP) is 2.00. The molecule has 0 bridgehead atoms. The molecule has 0 saturated carbocycles. The molecule has 1 aromatic carbocycles. The van der Waals surface area contributed by atoms with E-state index in [4.69, 9.17) is 5.73 Å². The average molecular weight is 314 g/mol. The highest BCUT2D eigenvalue weighted by Gasteiger charge is 2.12. The number of nitrogens with one attached hydrogen (secondary N) is 1. The molecule has 0 unspecified atom stereocenters. The van der Waals surface area contributed by atoms with Crippen molar-refractivity contribution in [3.63, 3.8) is 0 Å². The second kappa shape index (κ2) is 4.32. The summed E-state index contributed by atoms with van der Waals surface area (Å²) in [5, 5.41) is 1.14. The standard InChI is InChI=1S/C11H11IN2O/c12-11(15)9(13)5-7-6-14-10-4-2-1-3-8(7)10/h1-4,6,9,14H,5,13H2/t9-/m0/s1. The summed E-state index contributed by atoms with van der Waals surface area (Å²) in [6, 6.07) is 7.59. The van der Waals surface area contributed by atoms with E-state index in [1.54, 1.807) is 22.6 Å². The SMILES string of the molecule is N[C@@H](Cc1c[nH]c2ccccc12)C(=O)I. The van der Waals surface area contributed by atoms with Crippen LogP contribution >= 0.6 is 22.6 Å². The number of hydrogen-bond acceptors (Lipinski definition) is 2. The summed E-state index contributed by atoms with van der Waals surface area (Å²) in [6.45, 7) is 0. The largest absolute Gasteiger partial charge is 0.361 e. The Bertz CT molecular complexity index is 492. The minimum Gasteiger partial charge on any atom is -0.361 e. The number of benzene rings is 1. The molecular formula is C11H11IN2O. The zero-order valence-electron chi connectivity index (χ0n) is 8.03. The summed E-state index contributed by atoms with van der Waals surface area (Å²) in [6.07, 6.45) is 2.51. The van der Waals surface area contributed by atoms with Gasteiger partial charge in [-0.25, -0.2) is 0 Å². The third-order valence-electron chi connectivity index (χ3n) is 2.41. The number of halogens is 1. The van der Waals surface area contributed by atoms with Gasteiger partial charge in [-0.05, 0) is 18.1 Å². The van der Waals surface area contributed by atoms with E-state index < -0.39 is 6.04 Å². The molecule has 0 radical (unpaired) electrons. The Labute approximate surface area is 101 Å². The maximum Gasteiger partial charge on any atom is 0.209 e. The molecule has 4 heteroatoms. The molecule has 15 heavy (non-hydrogen) atoms. The van der Waals surface area contributed by atoms with Crippen LogP contribution in [0.1, 0.15) is 5.56 Å². The van der Waals surface area contributed by atoms with Gasteiger partial charge in [0.15, 0.2) is 0 Å². The first-order valence-corrected chi connectivity index (χ1v) is 5.76. The molecule has 0 fully saturated rings. The molecule has 0 aliphatic carbocycles.